The van der Waals surface area contributed by atoms with Gasteiger partial charge in [0.05, 0.1) is 12.5 Å². The van der Waals surface area contributed by atoms with E-state index in [-0.39, 0.29) is 11.9 Å². The Morgan fingerprint density at radius 3 is 2.60 bits per heavy atom. The second-order valence-corrected chi connectivity index (χ2v) is 2.34. The van der Waals surface area contributed by atoms with E-state index in [9.17, 15) is 4.79 Å². The molecule has 0 rings (SSSR count). The SMILES string of the molecule is CC(=O)N(C)C(C)CC#N. The molecule has 0 spiro atoms. The molecule has 10 heavy (non-hydrogen) atoms. The molecule has 0 bridgehead atoms. The maximum Gasteiger partial charge on any atom is 0.219 e. The molecule has 3 heteroatoms. The van der Waals surface area contributed by atoms with Gasteiger partial charge < -0.3 is 4.90 Å². The predicted molar refractivity (Wildman–Crippen MR) is 38.1 cm³/mol. The summed E-state index contributed by atoms with van der Waals surface area (Å²) in [6, 6.07) is 2.04. The molecule has 0 heterocycles. The minimum absolute atomic E-state index is 0.00255. The van der Waals surface area contributed by atoms with Gasteiger partial charge >= 0.3 is 0 Å². The number of amides is 1. The summed E-state index contributed by atoms with van der Waals surface area (Å²) in [5.74, 6) is 0.00255. The number of carbonyl (C=O) groups is 1. The Kier molecular flexibility index (Phi) is 3.48. The van der Waals surface area contributed by atoms with Crippen molar-refractivity contribution in [3.05, 3.63) is 0 Å². The molecule has 1 unspecified atom stereocenters. The first-order valence-electron chi connectivity index (χ1n) is 3.20. The third kappa shape index (κ3) is 2.49. The van der Waals surface area contributed by atoms with Gasteiger partial charge in [-0.05, 0) is 6.92 Å². The van der Waals surface area contributed by atoms with Gasteiger partial charge in [-0.15, -0.1) is 0 Å². The van der Waals surface area contributed by atoms with Crippen molar-refractivity contribution < 1.29 is 4.79 Å². The van der Waals surface area contributed by atoms with Crippen LogP contribution in [0.15, 0.2) is 0 Å². The first-order chi connectivity index (χ1) is 4.59. The minimum Gasteiger partial charge on any atom is -0.342 e. The van der Waals surface area contributed by atoms with Crippen LogP contribution >= 0.6 is 0 Å². The van der Waals surface area contributed by atoms with E-state index in [1.54, 1.807) is 11.9 Å². The van der Waals surface area contributed by atoms with Gasteiger partial charge in [-0.3, -0.25) is 4.79 Å². The normalized spacial score (nSPS) is 11.8. The molecule has 0 aliphatic heterocycles. The molecular formula is C7H12N2O. The number of nitrogens with zero attached hydrogens (tertiary/aromatic N) is 2. The summed E-state index contributed by atoms with van der Waals surface area (Å²) in [7, 11) is 1.70. The van der Waals surface area contributed by atoms with Gasteiger partial charge in [0.1, 0.15) is 0 Å². The molecule has 1 atom stereocenters. The lowest BCUT2D eigenvalue weighted by Crippen LogP contribution is -2.32. The Morgan fingerprint density at radius 1 is 1.80 bits per heavy atom. The Balaban J connectivity index is 3.84. The maximum atomic E-state index is 10.7. The van der Waals surface area contributed by atoms with Gasteiger partial charge in [-0.1, -0.05) is 0 Å². The zero-order valence-corrected chi connectivity index (χ0v) is 6.59. The van der Waals surface area contributed by atoms with Crippen LogP contribution in [0.3, 0.4) is 0 Å². The van der Waals surface area contributed by atoms with Crippen LogP contribution in [0.1, 0.15) is 20.3 Å². The van der Waals surface area contributed by atoms with Crippen LogP contribution in [0.2, 0.25) is 0 Å². The van der Waals surface area contributed by atoms with Gasteiger partial charge in [0, 0.05) is 20.0 Å². The smallest absolute Gasteiger partial charge is 0.219 e. The standard InChI is InChI=1S/C7H12N2O/c1-6(4-5-8)9(3)7(2)10/h6H,4H2,1-3H3. The van der Waals surface area contributed by atoms with Crippen molar-refractivity contribution in [2.24, 2.45) is 0 Å². The largest absolute Gasteiger partial charge is 0.342 e. The summed E-state index contributed by atoms with van der Waals surface area (Å²) in [4.78, 5) is 12.2. The van der Waals surface area contributed by atoms with E-state index >= 15 is 0 Å². The van der Waals surface area contributed by atoms with E-state index in [2.05, 4.69) is 0 Å². The van der Waals surface area contributed by atoms with E-state index in [4.69, 9.17) is 5.26 Å². The number of hydrogen-bond donors (Lipinski definition) is 0. The van der Waals surface area contributed by atoms with Crippen LogP contribution in [-0.4, -0.2) is 23.9 Å². The number of hydrogen-bond acceptors (Lipinski definition) is 2. The lowest BCUT2D eigenvalue weighted by atomic mass is 10.2. The molecule has 1 amide bonds. The molecule has 0 radical (unpaired) electrons. The molecule has 0 saturated heterocycles. The summed E-state index contributed by atoms with van der Waals surface area (Å²) < 4.78 is 0. The molecule has 0 aromatic heterocycles. The van der Waals surface area contributed by atoms with Gasteiger partial charge in [-0.2, -0.15) is 5.26 Å². The van der Waals surface area contributed by atoms with Crippen molar-refractivity contribution in [2.45, 2.75) is 26.3 Å². The van der Waals surface area contributed by atoms with Gasteiger partial charge in [0.25, 0.3) is 0 Å². The molecule has 56 valence electrons. The summed E-state index contributed by atoms with van der Waals surface area (Å²) in [5.41, 5.74) is 0. The van der Waals surface area contributed by atoms with Crippen molar-refractivity contribution in [1.29, 1.82) is 5.26 Å². The van der Waals surface area contributed by atoms with Crippen molar-refractivity contribution in [3.63, 3.8) is 0 Å². The topological polar surface area (TPSA) is 44.1 Å². The van der Waals surface area contributed by atoms with Crippen LogP contribution in [0, 0.1) is 11.3 Å². The zero-order valence-electron chi connectivity index (χ0n) is 6.59. The predicted octanol–water partition coefficient (Wildman–Crippen LogP) is 0.767. The minimum atomic E-state index is 0.00255. The highest BCUT2D eigenvalue weighted by atomic mass is 16.2. The fraction of sp³-hybridized carbons (Fsp3) is 0.714. The third-order valence-corrected chi connectivity index (χ3v) is 1.54. The average Bonchev–Trinajstić information content (AvgIpc) is 1.87. The highest BCUT2D eigenvalue weighted by Crippen LogP contribution is 1.98. The van der Waals surface area contributed by atoms with Crippen LogP contribution in [0.25, 0.3) is 0 Å². The third-order valence-electron chi connectivity index (χ3n) is 1.54. The number of rotatable bonds is 2. The monoisotopic (exact) mass is 140 g/mol. The van der Waals surface area contributed by atoms with Crippen molar-refractivity contribution >= 4 is 5.91 Å². The second-order valence-electron chi connectivity index (χ2n) is 2.34. The van der Waals surface area contributed by atoms with Crippen molar-refractivity contribution in [2.75, 3.05) is 7.05 Å². The lowest BCUT2D eigenvalue weighted by Gasteiger charge is -2.20. The molecule has 0 saturated carbocycles. The zero-order chi connectivity index (χ0) is 8.15. The summed E-state index contributed by atoms with van der Waals surface area (Å²) in [5, 5.41) is 8.28. The van der Waals surface area contributed by atoms with Crippen LogP contribution in [0.5, 0.6) is 0 Å². The van der Waals surface area contributed by atoms with Crippen LogP contribution < -0.4 is 0 Å². The van der Waals surface area contributed by atoms with Gasteiger partial charge in [0.2, 0.25) is 5.91 Å². The molecule has 0 aliphatic carbocycles. The number of nitriles is 1. The fourth-order valence-electron chi connectivity index (χ4n) is 0.579. The highest BCUT2D eigenvalue weighted by molar-refractivity contribution is 5.73. The van der Waals surface area contributed by atoms with Gasteiger partial charge in [-0.25, -0.2) is 0 Å². The highest BCUT2D eigenvalue weighted by Gasteiger charge is 2.09. The number of carbonyl (C=O) groups excluding carboxylic acids is 1. The molecule has 0 N–H and O–H groups in total. The quantitative estimate of drug-likeness (QED) is 0.568. The Morgan fingerprint density at radius 2 is 2.30 bits per heavy atom. The maximum absolute atomic E-state index is 10.7. The van der Waals surface area contributed by atoms with Crippen molar-refractivity contribution in [3.8, 4) is 6.07 Å². The first-order valence-corrected chi connectivity index (χ1v) is 3.20. The molecule has 0 fully saturated rings. The summed E-state index contributed by atoms with van der Waals surface area (Å²) in [6.45, 7) is 3.35. The fourth-order valence-corrected chi connectivity index (χ4v) is 0.579. The van der Waals surface area contributed by atoms with Crippen LogP contribution in [-0.2, 0) is 4.79 Å². The van der Waals surface area contributed by atoms with Crippen molar-refractivity contribution in [1.82, 2.24) is 4.90 Å². The summed E-state index contributed by atoms with van der Waals surface area (Å²) >= 11 is 0. The summed E-state index contributed by atoms with van der Waals surface area (Å²) in [6.07, 6.45) is 0.399. The van der Waals surface area contributed by atoms with E-state index in [1.807, 2.05) is 13.0 Å². The Bertz CT molecular complexity index is 159. The Hall–Kier alpha value is -1.04. The lowest BCUT2D eigenvalue weighted by molar-refractivity contribution is -0.129. The molecule has 0 aromatic carbocycles. The Labute approximate surface area is 61.2 Å². The van der Waals surface area contributed by atoms with E-state index < -0.39 is 0 Å². The molecule has 0 aliphatic rings. The first kappa shape index (κ1) is 8.96. The second kappa shape index (κ2) is 3.89. The molecule has 0 aromatic rings. The van der Waals surface area contributed by atoms with Gasteiger partial charge in [0.15, 0.2) is 0 Å². The molecular weight excluding hydrogens is 128 g/mol. The van der Waals surface area contributed by atoms with E-state index in [0.29, 0.717) is 6.42 Å². The average molecular weight is 140 g/mol. The van der Waals surface area contributed by atoms with Crippen LogP contribution in [0.4, 0.5) is 0 Å². The van der Waals surface area contributed by atoms with E-state index in [1.165, 1.54) is 6.92 Å². The molecule has 3 nitrogen and oxygen atoms in total. The van der Waals surface area contributed by atoms with E-state index in [0.717, 1.165) is 0 Å².